The Morgan fingerprint density at radius 1 is 1.29 bits per heavy atom. The summed E-state index contributed by atoms with van der Waals surface area (Å²) in [5.74, 6) is 2.74. The minimum absolute atomic E-state index is 0. The van der Waals surface area contributed by atoms with Crippen LogP contribution in [0.4, 0.5) is 0 Å². The summed E-state index contributed by atoms with van der Waals surface area (Å²) in [4.78, 5) is 37.1. The van der Waals surface area contributed by atoms with Gasteiger partial charge in [0.1, 0.15) is 10.7 Å². The molecule has 0 saturated carbocycles. The van der Waals surface area contributed by atoms with Gasteiger partial charge >= 0.3 is 0 Å². The van der Waals surface area contributed by atoms with Gasteiger partial charge in [0.05, 0.1) is 5.39 Å². The normalized spacial score (nSPS) is 26.2. The molecule has 3 atom stereocenters. The Morgan fingerprint density at radius 2 is 2.04 bits per heavy atom. The molecule has 28 heavy (non-hydrogen) atoms. The Hall–Kier alpha value is -1.44. The quantitative estimate of drug-likeness (QED) is 0.794. The second-order valence-corrected chi connectivity index (χ2v) is 9.61. The molecule has 0 bridgehead atoms. The van der Waals surface area contributed by atoms with E-state index >= 15 is 0 Å². The van der Waals surface area contributed by atoms with Gasteiger partial charge in [0.15, 0.2) is 0 Å². The number of hydrogen-bond acceptors (Lipinski definition) is 5. The molecule has 2 fully saturated rings. The number of thiophene rings is 1. The summed E-state index contributed by atoms with van der Waals surface area (Å²) in [6.07, 6.45) is 4.10. The van der Waals surface area contributed by atoms with E-state index in [2.05, 4.69) is 17.2 Å². The van der Waals surface area contributed by atoms with Crippen molar-refractivity contribution in [3.8, 4) is 0 Å². The molecule has 5 rings (SSSR count). The van der Waals surface area contributed by atoms with E-state index in [4.69, 9.17) is 4.98 Å². The van der Waals surface area contributed by atoms with Crippen LogP contribution in [-0.2, 0) is 24.1 Å². The first-order valence-electron chi connectivity index (χ1n) is 10.1. The van der Waals surface area contributed by atoms with E-state index < -0.39 is 0 Å². The number of halogens is 1. The molecule has 2 aliphatic heterocycles. The first-order chi connectivity index (χ1) is 13.1. The van der Waals surface area contributed by atoms with Gasteiger partial charge < -0.3 is 15.2 Å². The predicted octanol–water partition coefficient (Wildman–Crippen LogP) is 2.14. The van der Waals surface area contributed by atoms with Gasteiger partial charge in [-0.15, -0.1) is 23.7 Å². The topological polar surface area (TPSA) is 78.1 Å². The van der Waals surface area contributed by atoms with Crippen LogP contribution < -0.4 is 10.9 Å². The fourth-order valence-corrected chi connectivity index (χ4v) is 6.36. The average molecular weight is 423 g/mol. The molecule has 0 aromatic carbocycles. The third-order valence-corrected chi connectivity index (χ3v) is 7.68. The maximum atomic E-state index is 12.7. The molecule has 1 unspecified atom stereocenters. The van der Waals surface area contributed by atoms with Crippen LogP contribution in [0.25, 0.3) is 10.2 Å². The lowest BCUT2D eigenvalue weighted by Crippen LogP contribution is -2.32. The van der Waals surface area contributed by atoms with Crippen molar-refractivity contribution in [3.05, 3.63) is 26.6 Å². The maximum Gasteiger partial charge on any atom is 0.259 e. The van der Waals surface area contributed by atoms with Crippen molar-refractivity contribution in [3.63, 3.8) is 0 Å². The van der Waals surface area contributed by atoms with Crippen LogP contribution in [0.3, 0.4) is 0 Å². The Labute approximate surface area is 174 Å². The number of carbonyl (C=O) groups is 1. The monoisotopic (exact) mass is 422 g/mol. The van der Waals surface area contributed by atoms with Gasteiger partial charge in [-0.3, -0.25) is 9.59 Å². The van der Waals surface area contributed by atoms with Crippen molar-refractivity contribution in [2.24, 2.45) is 17.8 Å². The minimum Gasteiger partial charge on any atom is -0.342 e. The van der Waals surface area contributed by atoms with E-state index in [0.29, 0.717) is 36.4 Å². The first-order valence-corrected chi connectivity index (χ1v) is 10.9. The van der Waals surface area contributed by atoms with Crippen LogP contribution in [0.15, 0.2) is 4.79 Å². The zero-order valence-electron chi connectivity index (χ0n) is 16.1. The fourth-order valence-electron chi connectivity index (χ4n) is 4.95. The second kappa shape index (κ2) is 7.76. The number of rotatable bonds is 3. The fraction of sp³-hybridized carbons (Fsp3) is 0.650. The largest absolute Gasteiger partial charge is 0.342 e. The van der Waals surface area contributed by atoms with Gasteiger partial charge in [0.25, 0.3) is 5.56 Å². The lowest BCUT2D eigenvalue weighted by Gasteiger charge is -2.17. The Bertz CT molecular complexity index is 944. The third kappa shape index (κ3) is 3.48. The number of amides is 1. The molecular formula is C20H27ClN4O2S. The van der Waals surface area contributed by atoms with Gasteiger partial charge in [-0.1, -0.05) is 6.92 Å². The molecule has 0 spiro atoms. The molecule has 152 valence electrons. The van der Waals surface area contributed by atoms with Crippen LogP contribution in [0, 0.1) is 17.8 Å². The molecule has 8 heteroatoms. The summed E-state index contributed by atoms with van der Waals surface area (Å²) < 4.78 is 0. The van der Waals surface area contributed by atoms with Crippen LogP contribution in [0.1, 0.15) is 36.0 Å². The van der Waals surface area contributed by atoms with Gasteiger partial charge in [0, 0.05) is 43.9 Å². The molecule has 2 aromatic rings. The molecule has 3 aliphatic rings. The van der Waals surface area contributed by atoms with Crippen LogP contribution >= 0.6 is 23.7 Å². The highest BCUT2D eigenvalue weighted by Crippen LogP contribution is 2.35. The number of nitrogens with one attached hydrogen (secondary N) is 2. The van der Waals surface area contributed by atoms with Crippen molar-refractivity contribution in [1.29, 1.82) is 0 Å². The standard InChI is InChI=1S/C20H26N4O2S.ClH/c1-11-2-3-14-15(6-11)27-20-18(14)19(26)22-16(23-20)4-5-17(25)24-9-12-7-21-8-13(12)10-24;/h11-13,21H,2-10H2,1H3,(H,22,23,26);1H/t11?,12-,13+;. The number of likely N-dealkylation sites (tertiary alicyclic amines) is 1. The van der Waals surface area contributed by atoms with Gasteiger partial charge in [-0.05, 0) is 42.6 Å². The average Bonchev–Trinajstić information content (AvgIpc) is 3.31. The van der Waals surface area contributed by atoms with Crippen molar-refractivity contribution < 1.29 is 4.79 Å². The number of nitrogens with zero attached hydrogens (tertiary/aromatic N) is 2. The van der Waals surface area contributed by atoms with Crippen molar-refractivity contribution in [1.82, 2.24) is 20.2 Å². The van der Waals surface area contributed by atoms with Crippen LogP contribution in [0.5, 0.6) is 0 Å². The Balaban J connectivity index is 0.00000192. The molecule has 2 saturated heterocycles. The third-order valence-electron chi connectivity index (χ3n) is 6.53. The second-order valence-electron chi connectivity index (χ2n) is 8.52. The molecule has 6 nitrogen and oxygen atoms in total. The number of carbonyl (C=O) groups excluding carboxylic acids is 1. The lowest BCUT2D eigenvalue weighted by atomic mass is 9.89. The van der Waals surface area contributed by atoms with Crippen LogP contribution in [-0.4, -0.2) is 47.0 Å². The number of hydrogen-bond donors (Lipinski definition) is 2. The molecule has 1 aliphatic carbocycles. The lowest BCUT2D eigenvalue weighted by molar-refractivity contribution is -0.130. The molecule has 0 radical (unpaired) electrons. The molecule has 2 N–H and O–H groups in total. The highest BCUT2D eigenvalue weighted by atomic mass is 35.5. The summed E-state index contributed by atoms with van der Waals surface area (Å²) in [7, 11) is 0. The summed E-state index contributed by atoms with van der Waals surface area (Å²) in [6, 6.07) is 0. The predicted molar refractivity (Wildman–Crippen MR) is 113 cm³/mol. The van der Waals surface area contributed by atoms with E-state index in [1.165, 1.54) is 10.4 Å². The highest BCUT2D eigenvalue weighted by Gasteiger charge is 2.37. The number of H-pyrrole nitrogens is 1. The van der Waals surface area contributed by atoms with Crippen molar-refractivity contribution >= 4 is 39.9 Å². The summed E-state index contributed by atoms with van der Waals surface area (Å²) >= 11 is 1.67. The number of aromatic nitrogens is 2. The first kappa shape index (κ1) is 19.9. The van der Waals surface area contributed by atoms with Gasteiger partial charge in [-0.25, -0.2) is 4.98 Å². The summed E-state index contributed by atoms with van der Waals surface area (Å²) in [5, 5.41) is 4.19. The van der Waals surface area contributed by atoms with E-state index in [-0.39, 0.29) is 23.9 Å². The molecule has 4 heterocycles. The highest BCUT2D eigenvalue weighted by molar-refractivity contribution is 7.18. The van der Waals surface area contributed by atoms with E-state index in [9.17, 15) is 9.59 Å². The molecular weight excluding hydrogens is 396 g/mol. The number of aryl methyl sites for hydroxylation is 2. The zero-order valence-corrected chi connectivity index (χ0v) is 17.8. The SMILES string of the molecule is CC1CCc2c(sc3nc(CCC(=O)N4C[C@H]5CNC[C@H]5C4)[nH]c(=O)c23)C1.Cl. The van der Waals surface area contributed by atoms with E-state index in [0.717, 1.165) is 55.7 Å². The summed E-state index contributed by atoms with van der Waals surface area (Å²) in [5.41, 5.74) is 1.18. The van der Waals surface area contributed by atoms with E-state index in [1.54, 1.807) is 11.3 Å². The Kier molecular flexibility index (Phi) is 5.51. The Morgan fingerprint density at radius 3 is 2.79 bits per heavy atom. The van der Waals surface area contributed by atoms with E-state index in [1.807, 2.05) is 4.90 Å². The van der Waals surface area contributed by atoms with Gasteiger partial charge in [0.2, 0.25) is 5.91 Å². The number of aromatic amines is 1. The zero-order chi connectivity index (χ0) is 18.5. The summed E-state index contributed by atoms with van der Waals surface area (Å²) in [6.45, 7) is 6.07. The number of fused-ring (bicyclic) bond motifs is 4. The van der Waals surface area contributed by atoms with Gasteiger partial charge in [-0.2, -0.15) is 0 Å². The van der Waals surface area contributed by atoms with Crippen LogP contribution in [0.2, 0.25) is 0 Å². The smallest absolute Gasteiger partial charge is 0.259 e. The van der Waals surface area contributed by atoms with Crippen molar-refractivity contribution in [2.45, 2.75) is 39.0 Å². The van der Waals surface area contributed by atoms with Crippen molar-refractivity contribution in [2.75, 3.05) is 26.2 Å². The maximum absolute atomic E-state index is 12.7. The molecule has 2 aromatic heterocycles. The molecule has 1 amide bonds. The minimum atomic E-state index is -0.0312.